The van der Waals surface area contributed by atoms with Gasteiger partial charge in [-0.25, -0.2) is 14.2 Å². The van der Waals surface area contributed by atoms with Gasteiger partial charge in [-0.1, -0.05) is 28.9 Å². The first kappa shape index (κ1) is 28.6. The summed E-state index contributed by atoms with van der Waals surface area (Å²) in [6.07, 6.45) is 1.85. The van der Waals surface area contributed by atoms with Gasteiger partial charge in [0, 0.05) is 36.7 Å². The number of imidazole rings is 1. The third kappa shape index (κ3) is 5.25. The molecule has 2 aliphatic heterocycles. The van der Waals surface area contributed by atoms with Gasteiger partial charge < -0.3 is 18.8 Å². The number of fused-ring (bicyclic) bond motifs is 2. The van der Waals surface area contributed by atoms with Crippen LogP contribution in [0.5, 0.6) is 11.5 Å². The molecule has 0 saturated carbocycles. The molecule has 0 spiro atoms. The van der Waals surface area contributed by atoms with Gasteiger partial charge >= 0.3 is 5.76 Å². The Kier molecular flexibility index (Phi) is 7.39. The number of halogens is 2. The zero-order chi connectivity index (χ0) is 30.4. The molecule has 44 heavy (non-hydrogen) atoms. The molecule has 2 aliphatic rings. The van der Waals surface area contributed by atoms with Crippen LogP contribution in [0.25, 0.3) is 22.4 Å². The number of piperidine rings is 1. The molecule has 3 aromatic carbocycles. The van der Waals surface area contributed by atoms with E-state index in [1.54, 1.807) is 26.2 Å². The van der Waals surface area contributed by atoms with Crippen LogP contribution in [0, 0.1) is 5.82 Å². The second-order valence-electron chi connectivity index (χ2n) is 11.3. The van der Waals surface area contributed by atoms with E-state index in [9.17, 15) is 9.18 Å². The first-order valence-corrected chi connectivity index (χ1v) is 14.9. The average Bonchev–Trinajstić information content (AvgIpc) is 3.70. The van der Waals surface area contributed by atoms with Crippen LogP contribution in [0.2, 0.25) is 5.02 Å². The zero-order valence-electron chi connectivity index (χ0n) is 24.3. The average molecular weight is 620 g/mol. The Morgan fingerprint density at radius 2 is 1.98 bits per heavy atom. The third-order valence-corrected chi connectivity index (χ3v) is 8.72. The quantitative estimate of drug-likeness (QED) is 0.231. The fourth-order valence-electron chi connectivity index (χ4n) is 6.27. The van der Waals surface area contributed by atoms with Gasteiger partial charge in [-0.2, -0.15) is 0 Å². The molecule has 1 fully saturated rings. The van der Waals surface area contributed by atoms with Gasteiger partial charge in [0.05, 0.1) is 29.7 Å². The number of nitrogens with one attached hydrogen (secondary N) is 1. The highest BCUT2D eigenvalue weighted by atomic mass is 35.5. The number of para-hydroxylation sites is 1. The van der Waals surface area contributed by atoms with Gasteiger partial charge in [-0.15, -0.1) is 0 Å². The molecule has 228 valence electrons. The number of hydrogen-bond acceptors (Lipinski definition) is 8. The van der Waals surface area contributed by atoms with Crippen molar-refractivity contribution in [3.63, 3.8) is 0 Å². The number of benzene rings is 3. The number of nitrogens with zero attached hydrogens (tertiary/aromatic N) is 4. The molecule has 0 radical (unpaired) electrons. The van der Waals surface area contributed by atoms with E-state index in [1.165, 1.54) is 6.07 Å². The zero-order valence-corrected chi connectivity index (χ0v) is 25.1. The lowest BCUT2D eigenvalue weighted by Gasteiger charge is -2.32. The van der Waals surface area contributed by atoms with Crippen molar-refractivity contribution < 1.29 is 23.1 Å². The number of hydrogen-bond donors (Lipinski definition) is 1. The first-order chi connectivity index (χ1) is 21.3. The molecular formula is C32H31ClFN5O5. The van der Waals surface area contributed by atoms with Gasteiger partial charge in [0.25, 0.3) is 5.79 Å². The first-order valence-electron chi connectivity index (χ1n) is 14.5. The van der Waals surface area contributed by atoms with Crippen LogP contribution in [0.1, 0.15) is 42.6 Å². The highest BCUT2D eigenvalue weighted by molar-refractivity contribution is 6.30. The van der Waals surface area contributed by atoms with E-state index >= 15 is 0 Å². The van der Waals surface area contributed by atoms with Crippen LogP contribution in [-0.4, -0.2) is 51.4 Å². The molecule has 1 N–H and O–H groups in total. The SMILES string of the molecule is COCCn1c(CN2CCC(c3cccc4c3OC(C)(c3ccc(Cl)cc3F)O4)CC2)nc2cc(-c3noc(=O)[nH]3)ccc21. The molecule has 12 heteroatoms. The minimum Gasteiger partial charge on any atom is -0.444 e. The number of likely N-dealkylation sites (tertiary alicyclic amines) is 1. The number of H-pyrrole nitrogens is 1. The Morgan fingerprint density at radius 1 is 1.14 bits per heavy atom. The fraction of sp³-hybridized carbons (Fsp3) is 0.344. The summed E-state index contributed by atoms with van der Waals surface area (Å²) in [5.74, 6) is 0.518. The molecule has 10 nitrogen and oxygen atoms in total. The second-order valence-corrected chi connectivity index (χ2v) is 11.8. The van der Waals surface area contributed by atoms with Gasteiger partial charge in [0.2, 0.25) is 0 Å². The summed E-state index contributed by atoms with van der Waals surface area (Å²) in [7, 11) is 1.69. The molecule has 0 amide bonds. The number of aromatic nitrogens is 4. The van der Waals surface area contributed by atoms with Gasteiger partial charge in [-0.05, 0) is 74.3 Å². The lowest BCUT2D eigenvalue weighted by Crippen LogP contribution is -2.34. The van der Waals surface area contributed by atoms with Crippen LogP contribution < -0.4 is 15.2 Å². The summed E-state index contributed by atoms with van der Waals surface area (Å²) >= 11 is 5.98. The van der Waals surface area contributed by atoms with Crippen LogP contribution in [0.4, 0.5) is 4.39 Å². The van der Waals surface area contributed by atoms with Crippen molar-refractivity contribution in [1.29, 1.82) is 0 Å². The maximum atomic E-state index is 14.8. The minimum atomic E-state index is -1.28. The van der Waals surface area contributed by atoms with Crippen molar-refractivity contribution in [1.82, 2.24) is 24.6 Å². The predicted octanol–water partition coefficient (Wildman–Crippen LogP) is 5.84. The molecule has 1 atom stereocenters. The molecule has 0 bridgehead atoms. The number of rotatable bonds is 8. The third-order valence-electron chi connectivity index (χ3n) is 8.48. The Bertz CT molecular complexity index is 1900. The van der Waals surface area contributed by atoms with Crippen LogP contribution >= 0.6 is 11.6 Å². The van der Waals surface area contributed by atoms with E-state index < -0.39 is 17.4 Å². The summed E-state index contributed by atoms with van der Waals surface area (Å²) in [5.41, 5.74) is 3.90. The largest absolute Gasteiger partial charge is 0.444 e. The summed E-state index contributed by atoms with van der Waals surface area (Å²) in [6, 6.07) is 16.2. The molecule has 1 unspecified atom stereocenters. The molecular weight excluding hydrogens is 589 g/mol. The van der Waals surface area contributed by atoms with Crippen molar-refractivity contribution in [2.45, 2.75) is 44.6 Å². The van der Waals surface area contributed by atoms with Crippen molar-refractivity contribution in [3.8, 4) is 22.9 Å². The Morgan fingerprint density at radius 3 is 2.73 bits per heavy atom. The van der Waals surface area contributed by atoms with E-state index in [2.05, 4.69) is 30.2 Å². The van der Waals surface area contributed by atoms with Crippen LogP contribution in [0.3, 0.4) is 0 Å². The van der Waals surface area contributed by atoms with Gasteiger partial charge in [0.1, 0.15) is 11.6 Å². The van der Waals surface area contributed by atoms with Crippen molar-refractivity contribution in [2.75, 3.05) is 26.8 Å². The molecule has 1 saturated heterocycles. The van der Waals surface area contributed by atoms with E-state index in [0.717, 1.165) is 53.9 Å². The Hall–Kier alpha value is -4.19. The number of aromatic amines is 1. The predicted molar refractivity (Wildman–Crippen MR) is 161 cm³/mol. The maximum Gasteiger partial charge on any atom is 0.439 e. The molecule has 5 aromatic rings. The lowest BCUT2D eigenvalue weighted by molar-refractivity contribution is -0.0712. The highest BCUT2D eigenvalue weighted by Gasteiger charge is 2.43. The van der Waals surface area contributed by atoms with Crippen molar-refractivity contribution >= 4 is 22.6 Å². The molecule has 7 rings (SSSR count). The normalized spacial score (nSPS) is 18.8. The lowest BCUT2D eigenvalue weighted by atomic mass is 9.88. The van der Waals surface area contributed by atoms with E-state index in [1.807, 2.05) is 30.3 Å². The Balaban J connectivity index is 1.08. The molecule has 0 aliphatic carbocycles. The van der Waals surface area contributed by atoms with Crippen molar-refractivity contribution in [2.24, 2.45) is 0 Å². The van der Waals surface area contributed by atoms with E-state index in [-0.39, 0.29) is 5.92 Å². The monoisotopic (exact) mass is 619 g/mol. The van der Waals surface area contributed by atoms with Crippen LogP contribution in [0.15, 0.2) is 63.9 Å². The van der Waals surface area contributed by atoms with Crippen molar-refractivity contribution in [3.05, 3.63) is 92.9 Å². The molecule has 4 heterocycles. The summed E-state index contributed by atoms with van der Waals surface area (Å²) in [5, 5.41) is 4.13. The standard InChI is InChI=1S/C32H31ClFN5O5/c1-32(23-8-7-21(33)17-24(23)34)42-27-5-3-4-22(29(27)43-32)19-10-12-38(13-11-19)18-28-35-25-16-20(30-36-31(40)44-37-30)6-9-26(25)39(28)14-15-41-2/h3-9,16-17,19H,10-15,18H2,1-2H3,(H,36,37,40). The van der Waals surface area contributed by atoms with E-state index in [0.29, 0.717) is 47.6 Å². The summed E-state index contributed by atoms with van der Waals surface area (Å²) in [4.78, 5) is 21.4. The topological polar surface area (TPSA) is 108 Å². The van der Waals surface area contributed by atoms with Gasteiger partial charge in [0.15, 0.2) is 17.3 Å². The van der Waals surface area contributed by atoms with E-state index in [4.69, 9.17) is 30.8 Å². The smallest absolute Gasteiger partial charge is 0.439 e. The second kappa shape index (κ2) is 11.4. The summed E-state index contributed by atoms with van der Waals surface area (Å²) in [6.45, 7) is 5.38. The Labute approximate surface area is 257 Å². The fourth-order valence-corrected chi connectivity index (χ4v) is 6.43. The molecule has 2 aromatic heterocycles. The summed E-state index contributed by atoms with van der Waals surface area (Å²) < 4.78 is 39.6. The van der Waals surface area contributed by atoms with Crippen LogP contribution in [-0.2, 0) is 23.6 Å². The highest BCUT2D eigenvalue weighted by Crippen LogP contribution is 2.49. The number of ether oxygens (including phenoxy) is 3. The van der Waals surface area contributed by atoms with Gasteiger partial charge in [-0.3, -0.25) is 14.4 Å². The minimum absolute atomic E-state index is 0.265. The maximum absolute atomic E-state index is 14.8. The number of methoxy groups -OCH3 is 1.